The van der Waals surface area contributed by atoms with Crippen LogP contribution in [0, 0.1) is 0 Å². The molecule has 0 aliphatic rings. The summed E-state index contributed by atoms with van der Waals surface area (Å²) in [5, 5.41) is 1.00. The summed E-state index contributed by atoms with van der Waals surface area (Å²) in [7, 11) is 0. The fraction of sp³-hybridized carbons (Fsp3) is 0. The van der Waals surface area contributed by atoms with Crippen LogP contribution in [-0.4, -0.2) is 104 Å². The van der Waals surface area contributed by atoms with Gasteiger partial charge in [-0.25, -0.2) is 0 Å². The van der Waals surface area contributed by atoms with Crippen LogP contribution in [0.25, 0.3) is 0 Å². The molecule has 0 aliphatic carbocycles. The normalized spacial score (nSPS) is 7.25. The van der Waals surface area contributed by atoms with E-state index in [4.69, 9.17) is 0 Å². The molecule has 1 aromatic heterocycles. The molecule has 0 saturated carbocycles. The van der Waals surface area contributed by atoms with E-state index in [1.54, 1.807) is 0 Å². The van der Waals surface area contributed by atoms with Gasteiger partial charge in [0, 0.05) is 0 Å². The topological polar surface area (TPSA) is 38.7 Å². The first-order valence-electron chi connectivity index (χ1n) is 2.01. The Labute approximate surface area is 154 Å². The van der Waals surface area contributed by atoms with Crippen LogP contribution in [-0.2, 0) is 0 Å². The van der Waals surface area contributed by atoms with Gasteiger partial charge in [-0.05, 0) is 0 Å². The fourth-order valence-electron chi connectivity index (χ4n) is 0.343. The molecule has 0 fully saturated rings. The second-order valence-electron chi connectivity index (χ2n) is 1.24. The van der Waals surface area contributed by atoms with Crippen molar-refractivity contribution >= 4 is 127 Å². The number of hydrogen-bond acceptors (Lipinski definition) is 6. The van der Waals surface area contributed by atoms with E-state index in [2.05, 4.69) is 52.8 Å². The van der Waals surface area contributed by atoms with E-state index in [1.807, 2.05) is 0 Å². The van der Waals surface area contributed by atoms with Crippen LogP contribution in [0.2, 0.25) is 0 Å². The van der Waals surface area contributed by atoms with E-state index in [9.17, 15) is 0 Å². The Balaban J connectivity index is -0.000000270. The minimum atomic E-state index is 0. The summed E-state index contributed by atoms with van der Waals surface area (Å²) in [5.41, 5.74) is 0. The van der Waals surface area contributed by atoms with Crippen LogP contribution in [0.3, 0.4) is 0 Å². The van der Waals surface area contributed by atoms with E-state index in [0.717, 1.165) is 0 Å². The van der Waals surface area contributed by atoms with Crippen LogP contribution in [0.15, 0.2) is 15.5 Å². The molecule has 0 amide bonds. The Kier molecular flexibility index (Phi) is 18.0. The predicted octanol–water partition coefficient (Wildman–Crippen LogP) is -1.21. The van der Waals surface area contributed by atoms with Gasteiger partial charge in [0.25, 0.3) is 0 Å². The maximum absolute atomic E-state index is 3.86. The Morgan fingerprint density at radius 3 is 0.917 bits per heavy atom. The van der Waals surface area contributed by atoms with Crippen molar-refractivity contribution in [2.75, 3.05) is 0 Å². The molecule has 0 spiro atoms. The van der Waals surface area contributed by atoms with Gasteiger partial charge < -0.3 is 0 Å². The van der Waals surface area contributed by atoms with Crippen molar-refractivity contribution in [3.05, 3.63) is 0 Å². The van der Waals surface area contributed by atoms with Crippen LogP contribution >= 0.6 is 37.9 Å². The molecule has 0 aromatic carbocycles. The van der Waals surface area contributed by atoms with Crippen LogP contribution in [0.4, 0.5) is 0 Å². The third-order valence-corrected chi connectivity index (χ3v) is 1.20. The van der Waals surface area contributed by atoms with E-state index in [1.165, 1.54) is 0 Å². The molecule has 1 heterocycles. The summed E-state index contributed by atoms with van der Waals surface area (Å²) in [5.74, 6) is 0. The summed E-state index contributed by atoms with van der Waals surface area (Å²) < 4.78 is 0. The molecule has 1 aromatic rings. The molecule has 0 atom stereocenters. The third-order valence-electron chi connectivity index (χ3n) is 0.600. The monoisotopic (exact) mass is 249 g/mol. The summed E-state index contributed by atoms with van der Waals surface area (Å²) in [6.07, 6.45) is 0. The molecule has 0 N–H and O–H groups in total. The summed E-state index contributed by atoms with van der Waals surface area (Å²) in [4.78, 5) is 11.1. The van der Waals surface area contributed by atoms with Crippen molar-refractivity contribution < 1.29 is 0 Å². The van der Waals surface area contributed by atoms with Gasteiger partial charge >= 0.3 is 88.7 Å². The van der Waals surface area contributed by atoms with E-state index >= 15 is 0 Å². The van der Waals surface area contributed by atoms with Crippen LogP contribution < -0.4 is 0 Å². The van der Waals surface area contributed by atoms with Crippen molar-refractivity contribution in [1.29, 1.82) is 0 Å². The zero-order chi connectivity index (χ0) is 6.85. The molecule has 54 valence electrons. The Morgan fingerprint density at radius 1 is 0.583 bits per heavy atom. The van der Waals surface area contributed by atoms with Gasteiger partial charge in [0.05, 0.1) is 0 Å². The van der Waals surface area contributed by atoms with E-state index < -0.39 is 0 Å². The van der Waals surface area contributed by atoms with Crippen molar-refractivity contribution in [3.8, 4) is 0 Å². The molecule has 12 heavy (non-hydrogen) atoms. The molecule has 0 aliphatic heterocycles. The number of hydrogen-bond donors (Lipinski definition) is 3. The van der Waals surface area contributed by atoms with Crippen molar-refractivity contribution in [1.82, 2.24) is 15.0 Å². The number of aromatic nitrogens is 3. The molecule has 0 saturated heterocycles. The maximum atomic E-state index is 3.86. The Bertz CT molecular complexity index is 185. The Hall–Kier alpha value is 3.06. The van der Waals surface area contributed by atoms with Gasteiger partial charge in [-0.15, -0.1) is 37.9 Å². The van der Waals surface area contributed by atoms with Crippen molar-refractivity contribution in [3.63, 3.8) is 0 Å². The van der Waals surface area contributed by atoms with Gasteiger partial charge in [0.1, 0.15) is 0 Å². The SMILES string of the molecule is Sc1nc(S)nc(S)n1.[NaH].[NaH].[NaH]. The Morgan fingerprint density at radius 2 is 0.750 bits per heavy atom. The summed E-state index contributed by atoms with van der Waals surface area (Å²) >= 11 is 11.6. The fourth-order valence-corrected chi connectivity index (χ4v) is 1.15. The third kappa shape index (κ3) is 8.38. The molecule has 1 rings (SSSR count). The molecule has 0 bridgehead atoms. The molecule has 3 nitrogen and oxygen atoms in total. The van der Waals surface area contributed by atoms with Crippen LogP contribution in [0.1, 0.15) is 0 Å². The standard InChI is InChI=1S/C3H3N3S3.3Na.3H/c7-1-4-2(8)6-3(9)5-1;;;;;;/h(H3,4,5,6,7,8,9);;;;;;. The van der Waals surface area contributed by atoms with Gasteiger partial charge in [0.15, 0.2) is 15.5 Å². The summed E-state index contributed by atoms with van der Waals surface area (Å²) in [6.45, 7) is 0. The van der Waals surface area contributed by atoms with E-state index in [-0.39, 0.29) is 88.7 Å². The number of thiol groups is 3. The van der Waals surface area contributed by atoms with Crippen LogP contribution in [0.5, 0.6) is 0 Å². The van der Waals surface area contributed by atoms with Gasteiger partial charge in [0.2, 0.25) is 0 Å². The zero-order valence-corrected chi connectivity index (χ0v) is 6.87. The number of nitrogens with zero attached hydrogens (tertiary/aromatic N) is 3. The second kappa shape index (κ2) is 10.6. The first-order valence-corrected chi connectivity index (χ1v) is 3.35. The van der Waals surface area contributed by atoms with Crippen molar-refractivity contribution in [2.24, 2.45) is 0 Å². The molecule has 9 heteroatoms. The average Bonchev–Trinajstić information content (AvgIpc) is 1.59. The minimum absolute atomic E-state index is 0. The van der Waals surface area contributed by atoms with E-state index in [0.29, 0.717) is 15.5 Å². The van der Waals surface area contributed by atoms with Gasteiger partial charge in [-0.2, -0.15) is 15.0 Å². The number of rotatable bonds is 0. The molecule has 0 unspecified atom stereocenters. The molecule has 0 radical (unpaired) electrons. The second-order valence-corrected chi connectivity index (χ2v) is 2.44. The average molecular weight is 249 g/mol. The van der Waals surface area contributed by atoms with Gasteiger partial charge in [-0.3, -0.25) is 0 Å². The quantitative estimate of drug-likeness (QED) is 0.399. The molecular weight excluding hydrogens is 243 g/mol. The first-order chi connectivity index (χ1) is 4.18. The first kappa shape index (κ1) is 20.5. The predicted molar refractivity (Wildman–Crippen MR) is 63.0 cm³/mol. The molecular formula is C3H6N3Na3S3. The van der Waals surface area contributed by atoms with Crippen molar-refractivity contribution in [2.45, 2.75) is 15.5 Å². The van der Waals surface area contributed by atoms with Gasteiger partial charge in [-0.1, -0.05) is 0 Å². The zero-order valence-electron chi connectivity index (χ0n) is 4.18. The summed E-state index contributed by atoms with van der Waals surface area (Å²) in [6, 6.07) is 0.